The summed E-state index contributed by atoms with van der Waals surface area (Å²) < 4.78 is 0. The van der Waals surface area contributed by atoms with Gasteiger partial charge in [-0.3, -0.25) is 10.1 Å². The number of aromatic nitrogens is 1. The maximum Gasteiger partial charge on any atom is 0.290 e. The van der Waals surface area contributed by atoms with Crippen molar-refractivity contribution >= 4 is 11.5 Å². The molecule has 1 unspecified atom stereocenters. The fraction of sp³-hybridized carbons (Fsp3) is 0.389. The second-order valence-corrected chi connectivity index (χ2v) is 6.28. The zero-order valence-electron chi connectivity index (χ0n) is 13.7. The minimum absolute atomic E-state index is 0.0793. The molecule has 1 aliphatic heterocycles. The summed E-state index contributed by atoms with van der Waals surface area (Å²) in [6, 6.07) is 8.72. The molecule has 5 nitrogen and oxygen atoms in total. The third-order valence-electron chi connectivity index (χ3n) is 4.73. The fourth-order valence-corrected chi connectivity index (χ4v) is 3.24. The predicted octanol–water partition coefficient (Wildman–Crippen LogP) is 4.26. The average Bonchev–Trinajstić information content (AvgIpc) is 2.99. The van der Waals surface area contributed by atoms with Crippen molar-refractivity contribution in [2.24, 2.45) is 0 Å². The Labute approximate surface area is 136 Å². The van der Waals surface area contributed by atoms with Crippen molar-refractivity contribution in [2.45, 2.75) is 39.7 Å². The van der Waals surface area contributed by atoms with Crippen LogP contribution in [-0.2, 0) is 0 Å². The lowest BCUT2D eigenvalue weighted by atomic mass is 9.99. The average molecular weight is 311 g/mol. The van der Waals surface area contributed by atoms with Crippen molar-refractivity contribution in [1.29, 1.82) is 0 Å². The molecule has 0 radical (unpaired) electrons. The number of aryl methyl sites for hydroxylation is 3. The van der Waals surface area contributed by atoms with Crippen LogP contribution in [0.1, 0.15) is 41.1 Å². The highest BCUT2D eigenvalue weighted by molar-refractivity contribution is 5.51. The first-order valence-corrected chi connectivity index (χ1v) is 7.92. The lowest BCUT2D eigenvalue weighted by molar-refractivity contribution is -0.385. The van der Waals surface area contributed by atoms with E-state index in [2.05, 4.69) is 41.9 Å². The van der Waals surface area contributed by atoms with Crippen LogP contribution in [-0.4, -0.2) is 16.5 Å². The second kappa shape index (κ2) is 5.99. The maximum absolute atomic E-state index is 11.0. The molecule has 3 rings (SSSR count). The highest BCUT2D eigenvalue weighted by Gasteiger charge is 2.28. The summed E-state index contributed by atoms with van der Waals surface area (Å²) in [5.74, 6) is 0.828. The van der Waals surface area contributed by atoms with Gasteiger partial charge in [0.15, 0.2) is 0 Å². The Morgan fingerprint density at radius 2 is 1.96 bits per heavy atom. The van der Waals surface area contributed by atoms with Gasteiger partial charge in [0.05, 0.1) is 11.0 Å². The minimum Gasteiger partial charge on any atom is -0.350 e. The number of benzene rings is 1. The first-order chi connectivity index (χ1) is 11.0. The zero-order chi connectivity index (χ0) is 16.6. The predicted molar refractivity (Wildman–Crippen MR) is 90.9 cm³/mol. The first kappa shape index (κ1) is 15.5. The van der Waals surface area contributed by atoms with Crippen LogP contribution in [0.2, 0.25) is 0 Å². The van der Waals surface area contributed by atoms with Gasteiger partial charge in [0, 0.05) is 12.1 Å². The lowest BCUT2D eigenvalue weighted by Gasteiger charge is -2.26. The highest BCUT2D eigenvalue weighted by Crippen LogP contribution is 2.36. The number of nitro groups is 1. The van der Waals surface area contributed by atoms with Gasteiger partial charge < -0.3 is 4.90 Å². The fourth-order valence-electron chi connectivity index (χ4n) is 3.24. The molecule has 120 valence electrons. The van der Waals surface area contributed by atoms with E-state index in [4.69, 9.17) is 0 Å². The summed E-state index contributed by atoms with van der Waals surface area (Å²) >= 11 is 0. The molecule has 0 amide bonds. The van der Waals surface area contributed by atoms with E-state index in [1.165, 1.54) is 22.9 Å². The van der Waals surface area contributed by atoms with Crippen LogP contribution < -0.4 is 4.90 Å². The van der Waals surface area contributed by atoms with Gasteiger partial charge in [0.25, 0.3) is 5.69 Å². The molecule has 0 spiro atoms. The van der Waals surface area contributed by atoms with Crippen molar-refractivity contribution in [1.82, 2.24) is 4.98 Å². The molecule has 1 aromatic heterocycles. The monoisotopic (exact) mass is 311 g/mol. The normalized spacial score (nSPS) is 17.5. The Bertz CT molecular complexity index is 758. The first-order valence-electron chi connectivity index (χ1n) is 7.92. The maximum atomic E-state index is 11.0. The van der Waals surface area contributed by atoms with E-state index in [0.717, 1.165) is 25.2 Å². The van der Waals surface area contributed by atoms with Crippen molar-refractivity contribution < 1.29 is 4.92 Å². The van der Waals surface area contributed by atoms with Crippen molar-refractivity contribution in [3.05, 3.63) is 62.8 Å². The quantitative estimate of drug-likeness (QED) is 0.628. The number of anilines is 1. The van der Waals surface area contributed by atoms with Gasteiger partial charge >= 0.3 is 0 Å². The molecular weight excluding hydrogens is 290 g/mol. The minimum atomic E-state index is -0.378. The Kier molecular flexibility index (Phi) is 4.03. The van der Waals surface area contributed by atoms with E-state index < -0.39 is 0 Å². The molecule has 1 aromatic carbocycles. The van der Waals surface area contributed by atoms with Gasteiger partial charge in [-0.2, -0.15) is 0 Å². The van der Waals surface area contributed by atoms with Crippen LogP contribution in [0.25, 0.3) is 0 Å². The van der Waals surface area contributed by atoms with Gasteiger partial charge in [0.2, 0.25) is 0 Å². The molecule has 1 saturated heterocycles. The van der Waals surface area contributed by atoms with Gasteiger partial charge in [0.1, 0.15) is 12.0 Å². The standard InChI is InChI=1S/C18H21N3O2/c1-12-6-7-15(9-13(12)2)16-5-4-8-20(16)18-10-14(3)17(11-19-18)21(22)23/h6-7,9-11,16H,4-5,8H2,1-3H3. The Hall–Kier alpha value is -2.43. The van der Waals surface area contributed by atoms with E-state index in [1.807, 2.05) is 6.07 Å². The summed E-state index contributed by atoms with van der Waals surface area (Å²) in [6.45, 7) is 6.95. The molecular formula is C18H21N3O2. The van der Waals surface area contributed by atoms with Crippen molar-refractivity contribution in [3.8, 4) is 0 Å². The van der Waals surface area contributed by atoms with E-state index in [-0.39, 0.29) is 10.6 Å². The highest BCUT2D eigenvalue weighted by atomic mass is 16.6. The van der Waals surface area contributed by atoms with Crippen LogP contribution in [0.3, 0.4) is 0 Å². The molecule has 5 heteroatoms. The largest absolute Gasteiger partial charge is 0.350 e. The summed E-state index contributed by atoms with van der Waals surface area (Å²) in [5.41, 5.74) is 4.62. The van der Waals surface area contributed by atoms with Gasteiger partial charge in [-0.1, -0.05) is 18.2 Å². The topological polar surface area (TPSA) is 59.3 Å². The number of pyridine rings is 1. The summed E-state index contributed by atoms with van der Waals surface area (Å²) in [5, 5.41) is 11.0. The molecule has 0 N–H and O–H groups in total. The van der Waals surface area contributed by atoms with Crippen LogP contribution in [0.15, 0.2) is 30.5 Å². The SMILES string of the molecule is Cc1ccc(C2CCCN2c2cc(C)c([N+](=O)[O-])cn2)cc1C. The Morgan fingerprint density at radius 3 is 2.61 bits per heavy atom. The molecule has 0 aliphatic carbocycles. The van der Waals surface area contributed by atoms with Crippen LogP contribution in [0.5, 0.6) is 0 Å². The number of hydrogen-bond donors (Lipinski definition) is 0. The Balaban J connectivity index is 1.94. The molecule has 2 heterocycles. The number of nitrogens with zero attached hydrogens (tertiary/aromatic N) is 3. The lowest BCUT2D eigenvalue weighted by Crippen LogP contribution is -2.23. The van der Waals surface area contributed by atoms with Gasteiger partial charge in [-0.15, -0.1) is 0 Å². The summed E-state index contributed by atoms with van der Waals surface area (Å²) in [6.07, 6.45) is 3.57. The summed E-state index contributed by atoms with van der Waals surface area (Å²) in [7, 11) is 0. The molecule has 0 bridgehead atoms. The molecule has 0 saturated carbocycles. The third kappa shape index (κ3) is 2.91. The Morgan fingerprint density at radius 1 is 1.17 bits per heavy atom. The molecule has 23 heavy (non-hydrogen) atoms. The van der Waals surface area contributed by atoms with Crippen LogP contribution in [0.4, 0.5) is 11.5 Å². The van der Waals surface area contributed by atoms with Crippen LogP contribution in [0, 0.1) is 30.9 Å². The van der Waals surface area contributed by atoms with E-state index >= 15 is 0 Å². The molecule has 1 aliphatic rings. The number of hydrogen-bond acceptors (Lipinski definition) is 4. The van der Waals surface area contributed by atoms with Crippen LogP contribution >= 0.6 is 0 Å². The van der Waals surface area contributed by atoms with Gasteiger partial charge in [-0.25, -0.2) is 4.98 Å². The molecule has 1 fully saturated rings. The molecule has 2 aromatic rings. The smallest absolute Gasteiger partial charge is 0.290 e. The number of rotatable bonds is 3. The van der Waals surface area contributed by atoms with Crippen molar-refractivity contribution in [3.63, 3.8) is 0 Å². The molecule has 1 atom stereocenters. The van der Waals surface area contributed by atoms with E-state index in [9.17, 15) is 10.1 Å². The van der Waals surface area contributed by atoms with E-state index in [1.54, 1.807) is 6.92 Å². The van der Waals surface area contributed by atoms with E-state index in [0.29, 0.717) is 11.6 Å². The summed E-state index contributed by atoms with van der Waals surface area (Å²) in [4.78, 5) is 17.2. The van der Waals surface area contributed by atoms with Crippen molar-refractivity contribution in [2.75, 3.05) is 11.4 Å². The zero-order valence-corrected chi connectivity index (χ0v) is 13.7. The third-order valence-corrected chi connectivity index (χ3v) is 4.73. The second-order valence-electron chi connectivity index (χ2n) is 6.28. The van der Waals surface area contributed by atoms with Gasteiger partial charge in [-0.05, 0) is 56.4 Å².